The van der Waals surface area contributed by atoms with Crippen molar-refractivity contribution in [2.45, 2.75) is 39.3 Å². The average molecular weight is 762 g/mol. The molecule has 3 aromatic carbocycles. The number of ether oxygens (including phenoxy) is 4. The van der Waals surface area contributed by atoms with E-state index in [1.807, 2.05) is 42.7 Å². The zero-order chi connectivity index (χ0) is 38.6. The van der Waals surface area contributed by atoms with Gasteiger partial charge in [-0.1, -0.05) is 17.7 Å². The van der Waals surface area contributed by atoms with Gasteiger partial charge < -0.3 is 33.6 Å². The number of benzene rings is 3. The van der Waals surface area contributed by atoms with Crippen molar-refractivity contribution in [3.63, 3.8) is 0 Å². The van der Waals surface area contributed by atoms with Crippen molar-refractivity contribution in [1.82, 2.24) is 24.8 Å². The SMILES string of the molecule is COc1ccc(CN(CCc2nc(N3CCN(C(=O)OC(C)(C)C)CC3)c3cc(Cl)c(-c4c(F)cccc4OC)c(F)c3n2)c2ncccn2)c(OC)c1. The van der Waals surface area contributed by atoms with Gasteiger partial charge >= 0.3 is 6.09 Å². The summed E-state index contributed by atoms with van der Waals surface area (Å²) >= 11 is 6.77. The molecule has 284 valence electrons. The molecule has 1 saturated heterocycles. The molecule has 12 nitrogen and oxygen atoms in total. The van der Waals surface area contributed by atoms with Gasteiger partial charge in [0, 0.05) is 80.7 Å². The van der Waals surface area contributed by atoms with E-state index in [-0.39, 0.29) is 33.8 Å². The monoisotopic (exact) mass is 761 g/mol. The molecule has 0 unspecified atom stereocenters. The molecule has 0 atom stereocenters. The molecule has 0 radical (unpaired) electrons. The summed E-state index contributed by atoms with van der Waals surface area (Å²) in [5.41, 5.74) is -0.101. The number of amides is 1. The molecule has 6 rings (SSSR count). The number of anilines is 2. The van der Waals surface area contributed by atoms with Crippen LogP contribution < -0.4 is 24.0 Å². The lowest BCUT2D eigenvalue weighted by molar-refractivity contribution is 0.0240. The molecular weight excluding hydrogens is 720 g/mol. The Morgan fingerprint density at radius 2 is 1.61 bits per heavy atom. The standard InChI is InChI=1S/C39H42ClF2N7O5/c1-39(2,3)54-38(50)48-19-17-47(18-20-48)36-26-22-27(40)32(33-28(41)9-7-10-29(33)52-5)34(42)35(26)45-31(46-36)13-16-49(37-43-14-8-15-44-37)23-24-11-12-25(51-4)21-30(24)53-6/h7-12,14-15,21-22H,13,16-20,23H2,1-6H3. The minimum Gasteiger partial charge on any atom is -0.497 e. The van der Waals surface area contributed by atoms with Crippen LogP contribution in [0.5, 0.6) is 17.2 Å². The maximum atomic E-state index is 16.9. The first-order valence-electron chi connectivity index (χ1n) is 17.4. The van der Waals surface area contributed by atoms with Gasteiger partial charge in [-0.25, -0.2) is 33.5 Å². The molecule has 0 aliphatic carbocycles. The lowest BCUT2D eigenvalue weighted by Crippen LogP contribution is -2.50. The van der Waals surface area contributed by atoms with Gasteiger partial charge in [-0.05, 0) is 57.2 Å². The summed E-state index contributed by atoms with van der Waals surface area (Å²) in [4.78, 5) is 37.1. The van der Waals surface area contributed by atoms with Crippen molar-refractivity contribution in [1.29, 1.82) is 0 Å². The number of rotatable bonds is 11. The molecular formula is C39H42ClF2N7O5. The van der Waals surface area contributed by atoms with Crippen LogP contribution >= 0.6 is 11.6 Å². The first kappa shape index (κ1) is 38.2. The summed E-state index contributed by atoms with van der Waals surface area (Å²) < 4.78 is 54.3. The van der Waals surface area contributed by atoms with Crippen LogP contribution in [0.1, 0.15) is 32.2 Å². The smallest absolute Gasteiger partial charge is 0.410 e. The zero-order valence-electron chi connectivity index (χ0n) is 31.0. The molecule has 0 spiro atoms. The molecule has 3 heterocycles. The van der Waals surface area contributed by atoms with Crippen LogP contribution in [0, 0.1) is 11.6 Å². The molecule has 54 heavy (non-hydrogen) atoms. The van der Waals surface area contributed by atoms with E-state index < -0.39 is 23.3 Å². The molecule has 1 aliphatic heterocycles. The number of methoxy groups -OCH3 is 3. The number of hydrogen-bond acceptors (Lipinski definition) is 11. The van der Waals surface area contributed by atoms with Crippen LogP contribution in [-0.2, 0) is 17.7 Å². The number of hydrogen-bond donors (Lipinski definition) is 0. The van der Waals surface area contributed by atoms with E-state index in [1.165, 1.54) is 25.3 Å². The van der Waals surface area contributed by atoms with Gasteiger partial charge in [-0.3, -0.25) is 0 Å². The van der Waals surface area contributed by atoms with Crippen LogP contribution in [0.3, 0.4) is 0 Å². The molecule has 1 amide bonds. The van der Waals surface area contributed by atoms with Gasteiger partial charge in [0.25, 0.3) is 0 Å². The second-order valence-corrected chi connectivity index (χ2v) is 14.0. The highest BCUT2D eigenvalue weighted by atomic mass is 35.5. The van der Waals surface area contributed by atoms with Gasteiger partial charge in [0.1, 0.15) is 45.8 Å². The van der Waals surface area contributed by atoms with Crippen LogP contribution in [-0.4, -0.2) is 90.6 Å². The molecule has 5 aromatic rings. The van der Waals surface area contributed by atoms with Crippen molar-refractivity contribution in [2.24, 2.45) is 0 Å². The third kappa shape index (κ3) is 8.33. The Morgan fingerprint density at radius 1 is 0.889 bits per heavy atom. The summed E-state index contributed by atoms with van der Waals surface area (Å²) in [6.07, 6.45) is 3.14. The summed E-state index contributed by atoms with van der Waals surface area (Å²) in [6.45, 7) is 7.61. The van der Waals surface area contributed by atoms with E-state index in [0.717, 1.165) is 5.56 Å². The molecule has 1 aliphatic rings. The van der Waals surface area contributed by atoms with Gasteiger partial charge in [0.2, 0.25) is 5.95 Å². The third-order valence-electron chi connectivity index (χ3n) is 8.88. The lowest BCUT2D eigenvalue weighted by Gasteiger charge is -2.36. The minimum atomic E-state index is -0.815. The highest BCUT2D eigenvalue weighted by Gasteiger charge is 2.30. The number of piperazine rings is 1. The summed E-state index contributed by atoms with van der Waals surface area (Å²) in [7, 11) is 4.55. The fraction of sp³-hybridized carbons (Fsp3) is 0.359. The number of nitrogens with zero attached hydrogens (tertiary/aromatic N) is 7. The van der Waals surface area contributed by atoms with Crippen molar-refractivity contribution >= 4 is 40.4 Å². The maximum absolute atomic E-state index is 16.9. The Morgan fingerprint density at radius 3 is 2.28 bits per heavy atom. The van der Waals surface area contributed by atoms with E-state index in [9.17, 15) is 4.79 Å². The normalized spacial score (nSPS) is 13.2. The molecule has 15 heteroatoms. The molecule has 1 fully saturated rings. The summed E-state index contributed by atoms with van der Waals surface area (Å²) in [6, 6.07) is 13.1. The quantitative estimate of drug-likeness (QED) is 0.135. The second kappa shape index (κ2) is 16.3. The van der Waals surface area contributed by atoms with E-state index in [2.05, 4.69) is 9.97 Å². The number of halogens is 3. The minimum absolute atomic E-state index is 0.0331. The van der Waals surface area contributed by atoms with E-state index in [1.54, 1.807) is 49.7 Å². The van der Waals surface area contributed by atoms with Crippen molar-refractivity contribution < 1.29 is 32.5 Å². The molecule has 0 bridgehead atoms. The first-order valence-corrected chi connectivity index (χ1v) is 17.8. The second-order valence-electron chi connectivity index (χ2n) is 13.6. The van der Waals surface area contributed by atoms with Crippen LogP contribution in [0.25, 0.3) is 22.0 Å². The average Bonchev–Trinajstić information content (AvgIpc) is 3.16. The number of carbonyl (C=O) groups is 1. The Hall–Kier alpha value is -5.50. The zero-order valence-corrected chi connectivity index (χ0v) is 31.8. The largest absolute Gasteiger partial charge is 0.497 e. The lowest BCUT2D eigenvalue weighted by atomic mass is 10.0. The predicted molar refractivity (Wildman–Crippen MR) is 203 cm³/mol. The first-order chi connectivity index (χ1) is 25.9. The van der Waals surface area contributed by atoms with Gasteiger partial charge in [-0.2, -0.15) is 0 Å². The Balaban J connectivity index is 1.40. The highest BCUT2D eigenvalue weighted by molar-refractivity contribution is 6.34. The number of fused-ring (bicyclic) bond motifs is 1. The number of carbonyl (C=O) groups excluding carboxylic acids is 1. The van der Waals surface area contributed by atoms with Crippen LogP contribution in [0.4, 0.5) is 25.3 Å². The van der Waals surface area contributed by atoms with E-state index >= 15 is 8.78 Å². The van der Waals surface area contributed by atoms with Crippen molar-refractivity contribution in [3.05, 3.63) is 89.0 Å². The van der Waals surface area contributed by atoms with Gasteiger partial charge in [0.15, 0.2) is 5.82 Å². The van der Waals surface area contributed by atoms with Gasteiger partial charge in [-0.15, -0.1) is 0 Å². The number of aromatic nitrogens is 4. The molecule has 2 aromatic heterocycles. The van der Waals surface area contributed by atoms with E-state index in [4.69, 9.17) is 40.5 Å². The van der Waals surface area contributed by atoms with Crippen LogP contribution in [0.15, 0.2) is 60.9 Å². The Kier molecular flexibility index (Phi) is 11.5. The van der Waals surface area contributed by atoms with Crippen molar-refractivity contribution in [2.75, 3.05) is 63.9 Å². The Labute approximate surface area is 317 Å². The van der Waals surface area contributed by atoms with E-state index in [0.29, 0.717) is 73.7 Å². The fourth-order valence-electron chi connectivity index (χ4n) is 6.28. The molecule has 0 N–H and O–H groups in total. The molecule has 0 saturated carbocycles. The topological polar surface area (TPSA) is 115 Å². The maximum Gasteiger partial charge on any atom is 0.410 e. The predicted octanol–water partition coefficient (Wildman–Crippen LogP) is 7.35. The highest BCUT2D eigenvalue weighted by Crippen LogP contribution is 2.43. The fourth-order valence-corrected chi connectivity index (χ4v) is 6.57. The summed E-state index contributed by atoms with van der Waals surface area (Å²) in [5, 5.41) is 0.312. The Bertz CT molecular complexity index is 2130. The van der Waals surface area contributed by atoms with Gasteiger partial charge in [0.05, 0.1) is 31.9 Å². The van der Waals surface area contributed by atoms with Crippen LogP contribution in [0.2, 0.25) is 5.02 Å². The third-order valence-corrected chi connectivity index (χ3v) is 9.18. The summed E-state index contributed by atoms with van der Waals surface area (Å²) in [5.74, 6) is 1.10. The van der Waals surface area contributed by atoms with Crippen molar-refractivity contribution in [3.8, 4) is 28.4 Å².